The second kappa shape index (κ2) is 5.07. The van der Waals surface area contributed by atoms with E-state index in [-0.39, 0.29) is 14.9 Å². The summed E-state index contributed by atoms with van der Waals surface area (Å²) in [4.78, 5) is 3.69. The molecule has 0 atom stereocenters. The summed E-state index contributed by atoms with van der Waals surface area (Å²) in [6, 6.07) is 0. The maximum Gasteiger partial charge on any atom is 0.246 e. The van der Waals surface area contributed by atoms with Crippen LogP contribution >= 0.6 is 23.2 Å². The largest absolute Gasteiger partial charge is 0.379 e. The number of hydrogen-bond donors (Lipinski definition) is 0. The lowest BCUT2D eigenvalue weighted by Crippen LogP contribution is -2.40. The molecule has 1 aliphatic heterocycles. The van der Waals surface area contributed by atoms with Gasteiger partial charge in [0.25, 0.3) is 0 Å². The van der Waals surface area contributed by atoms with Crippen LogP contribution in [0.15, 0.2) is 17.3 Å². The second-order valence-electron chi connectivity index (χ2n) is 3.45. The molecule has 0 amide bonds. The third-order valence-corrected chi connectivity index (χ3v) is 5.21. The SMILES string of the molecule is O=S(=O)(c1cncc(Cl)c1Cl)N1CCOCC1. The number of pyridine rings is 1. The van der Waals surface area contributed by atoms with Crippen LogP contribution in [-0.2, 0) is 14.8 Å². The maximum absolute atomic E-state index is 12.2. The average molecular weight is 297 g/mol. The number of halogens is 2. The molecule has 8 heteroatoms. The first-order valence-electron chi connectivity index (χ1n) is 4.90. The van der Waals surface area contributed by atoms with E-state index in [1.165, 1.54) is 16.7 Å². The topological polar surface area (TPSA) is 59.5 Å². The van der Waals surface area contributed by atoms with Gasteiger partial charge >= 0.3 is 0 Å². The Bertz CT molecular complexity index is 515. The Balaban J connectivity index is 2.40. The van der Waals surface area contributed by atoms with E-state index in [1.807, 2.05) is 0 Å². The predicted molar refractivity (Wildman–Crippen MR) is 63.8 cm³/mol. The van der Waals surface area contributed by atoms with E-state index in [2.05, 4.69) is 4.98 Å². The van der Waals surface area contributed by atoms with E-state index in [4.69, 9.17) is 27.9 Å². The lowest BCUT2D eigenvalue weighted by Gasteiger charge is -2.26. The van der Waals surface area contributed by atoms with Crippen molar-refractivity contribution < 1.29 is 13.2 Å². The van der Waals surface area contributed by atoms with Crippen LogP contribution in [0.2, 0.25) is 10.0 Å². The molecular weight excluding hydrogens is 287 g/mol. The first-order chi connectivity index (χ1) is 8.03. The quantitative estimate of drug-likeness (QED) is 0.828. The van der Waals surface area contributed by atoms with Gasteiger partial charge in [-0.1, -0.05) is 23.2 Å². The summed E-state index contributed by atoms with van der Waals surface area (Å²) in [6.07, 6.45) is 2.52. The lowest BCUT2D eigenvalue weighted by molar-refractivity contribution is 0.0730. The fourth-order valence-corrected chi connectivity index (χ4v) is 3.55. The Labute approximate surface area is 109 Å². The van der Waals surface area contributed by atoms with Crippen molar-refractivity contribution in [3.63, 3.8) is 0 Å². The van der Waals surface area contributed by atoms with Gasteiger partial charge in [-0.25, -0.2) is 8.42 Å². The van der Waals surface area contributed by atoms with Gasteiger partial charge in [-0.3, -0.25) is 4.98 Å². The molecule has 0 aliphatic carbocycles. The van der Waals surface area contributed by atoms with Crippen LogP contribution in [0.5, 0.6) is 0 Å². The zero-order chi connectivity index (χ0) is 12.5. The molecular formula is C9H10Cl2N2O3S. The highest BCUT2D eigenvalue weighted by Gasteiger charge is 2.29. The van der Waals surface area contributed by atoms with E-state index >= 15 is 0 Å². The predicted octanol–water partition coefficient (Wildman–Crippen LogP) is 1.41. The van der Waals surface area contributed by atoms with E-state index in [0.29, 0.717) is 26.3 Å². The fourth-order valence-electron chi connectivity index (χ4n) is 1.51. The van der Waals surface area contributed by atoms with Gasteiger partial charge in [0.2, 0.25) is 10.0 Å². The third kappa shape index (κ3) is 2.56. The second-order valence-corrected chi connectivity index (χ2v) is 6.14. The molecule has 0 N–H and O–H groups in total. The Morgan fingerprint density at radius 2 is 1.88 bits per heavy atom. The van der Waals surface area contributed by atoms with Crippen LogP contribution in [0.1, 0.15) is 0 Å². The van der Waals surface area contributed by atoms with Crippen molar-refractivity contribution in [3.8, 4) is 0 Å². The van der Waals surface area contributed by atoms with Crippen LogP contribution in [0.25, 0.3) is 0 Å². The Morgan fingerprint density at radius 3 is 2.53 bits per heavy atom. The molecule has 2 rings (SSSR count). The Morgan fingerprint density at radius 1 is 1.24 bits per heavy atom. The molecule has 1 aliphatic rings. The maximum atomic E-state index is 12.2. The third-order valence-electron chi connectivity index (χ3n) is 2.39. The molecule has 1 aromatic rings. The monoisotopic (exact) mass is 296 g/mol. The van der Waals surface area contributed by atoms with Gasteiger partial charge in [-0.05, 0) is 0 Å². The molecule has 1 saturated heterocycles. The van der Waals surface area contributed by atoms with Crippen molar-refractivity contribution in [2.45, 2.75) is 4.90 Å². The number of sulfonamides is 1. The number of hydrogen-bond acceptors (Lipinski definition) is 4. The molecule has 1 aromatic heterocycles. The summed E-state index contributed by atoms with van der Waals surface area (Å²) >= 11 is 11.6. The number of ether oxygens (including phenoxy) is 1. The van der Waals surface area contributed by atoms with E-state index in [0.717, 1.165) is 0 Å². The fraction of sp³-hybridized carbons (Fsp3) is 0.444. The van der Waals surface area contributed by atoms with Crippen LogP contribution in [-0.4, -0.2) is 44.0 Å². The smallest absolute Gasteiger partial charge is 0.246 e. The number of rotatable bonds is 2. The van der Waals surface area contributed by atoms with Gasteiger partial charge < -0.3 is 4.74 Å². The standard InChI is InChI=1S/C9H10Cl2N2O3S/c10-7-5-12-6-8(9(7)11)17(14,15)13-1-3-16-4-2-13/h5-6H,1-4H2. The van der Waals surface area contributed by atoms with Gasteiger partial charge in [-0.15, -0.1) is 0 Å². The first kappa shape index (κ1) is 13.0. The first-order valence-corrected chi connectivity index (χ1v) is 7.10. The minimum Gasteiger partial charge on any atom is -0.379 e. The molecule has 0 unspecified atom stereocenters. The van der Waals surface area contributed by atoms with Gasteiger partial charge in [0, 0.05) is 25.5 Å². The van der Waals surface area contributed by atoms with Crippen LogP contribution < -0.4 is 0 Å². The van der Waals surface area contributed by atoms with Crippen molar-refractivity contribution >= 4 is 33.2 Å². The molecule has 0 saturated carbocycles. The lowest BCUT2D eigenvalue weighted by atomic mass is 10.5. The van der Waals surface area contributed by atoms with Crippen molar-refractivity contribution in [1.29, 1.82) is 0 Å². The molecule has 2 heterocycles. The van der Waals surface area contributed by atoms with Gasteiger partial charge in [-0.2, -0.15) is 4.31 Å². The van der Waals surface area contributed by atoms with Gasteiger partial charge in [0.05, 0.1) is 23.3 Å². The van der Waals surface area contributed by atoms with Gasteiger partial charge in [0.15, 0.2) is 0 Å². The molecule has 94 valence electrons. The Hall–Kier alpha value is -0.400. The molecule has 5 nitrogen and oxygen atoms in total. The van der Waals surface area contributed by atoms with Crippen molar-refractivity contribution in [3.05, 3.63) is 22.4 Å². The number of morpholine rings is 1. The summed E-state index contributed by atoms with van der Waals surface area (Å²) in [5.41, 5.74) is 0. The van der Waals surface area contributed by atoms with Crippen molar-refractivity contribution in [2.75, 3.05) is 26.3 Å². The van der Waals surface area contributed by atoms with Crippen LogP contribution in [0.4, 0.5) is 0 Å². The summed E-state index contributed by atoms with van der Waals surface area (Å²) in [5.74, 6) is 0. The highest BCUT2D eigenvalue weighted by molar-refractivity contribution is 7.89. The van der Waals surface area contributed by atoms with E-state index in [9.17, 15) is 8.42 Å². The molecule has 0 aromatic carbocycles. The molecule has 0 bridgehead atoms. The average Bonchev–Trinajstić information content (AvgIpc) is 2.33. The highest BCUT2D eigenvalue weighted by Crippen LogP contribution is 2.29. The van der Waals surface area contributed by atoms with Crippen LogP contribution in [0.3, 0.4) is 0 Å². The van der Waals surface area contributed by atoms with E-state index < -0.39 is 10.0 Å². The minimum atomic E-state index is -3.64. The normalized spacial score (nSPS) is 18.2. The molecule has 0 radical (unpaired) electrons. The number of aromatic nitrogens is 1. The number of nitrogens with zero attached hydrogens (tertiary/aromatic N) is 2. The zero-order valence-electron chi connectivity index (χ0n) is 8.77. The van der Waals surface area contributed by atoms with Crippen molar-refractivity contribution in [1.82, 2.24) is 9.29 Å². The summed E-state index contributed by atoms with van der Waals surface area (Å²) < 4.78 is 30.9. The summed E-state index contributed by atoms with van der Waals surface area (Å²) in [5, 5.41) is 0.133. The molecule has 1 fully saturated rings. The van der Waals surface area contributed by atoms with Crippen molar-refractivity contribution in [2.24, 2.45) is 0 Å². The summed E-state index contributed by atoms with van der Waals surface area (Å²) in [7, 11) is -3.64. The van der Waals surface area contributed by atoms with Crippen LogP contribution in [0, 0.1) is 0 Å². The molecule has 0 spiro atoms. The zero-order valence-corrected chi connectivity index (χ0v) is 11.1. The highest BCUT2D eigenvalue weighted by atomic mass is 35.5. The summed E-state index contributed by atoms with van der Waals surface area (Å²) in [6.45, 7) is 1.38. The molecule has 17 heavy (non-hydrogen) atoms. The van der Waals surface area contributed by atoms with Gasteiger partial charge in [0.1, 0.15) is 4.90 Å². The minimum absolute atomic E-state index is 0.00755. The Kier molecular flexibility index (Phi) is 3.89. The van der Waals surface area contributed by atoms with E-state index in [1.54, 1.807) is 0 Å².